The average Bonchev–Trinajstić information content (AvgIpc) is 3.48. The quantitative estimate of drug-likeness (QED) is 0.346. The lowest BCUT2D eigenvalue weighted by atomic mass is 9.79. The monoisotopic (exact) mass is 656 g/mol. The van der Waals surface area contributed by atoms with Gasteiger partial charge in [-0.2, -0.15) is 0 Å². The van der Waals surface area contributed by atoms with Crippen molar-refractivity contribution in [1.29, 1.82) is 0 Å². The maximum atomic E-state index is 14.5. The number of carbonyl (C=O) groups excluding carboxylic acids is 3. The van der Waals surface area contributed by atoms with Crippen LogP contribution in [0.3, 0.4) is 0 Å². The summed E-state index contributed by atoms with van der Waals surface area (Å²) in [5.41, 5.74) is 1.14. The molecule has 6 rings (SSSR count). The van der Waals surface area contributed by atoms with Crippen LogP contribution >= 0.6 is 0 Å². The fourth-order valence-electron chi connectivity index (χ4n) is 7.82. The molecule has 0 spiro atoms. The third kappa shape index (κ3) is 7.32. The molecule has 2 aromatic rings. The van der Waals surface area contributed by atoms with Crippen molar-refractivity contribution in [3.63, 3.8) is 0 Å². The number of benzene rings is 2. The van der Waals surface area contributed by atoms with Crippen molar-refractivity contribution < 1.29 is 24.2 Å². The SMILES string of the molecule is CC(C)(C)C(O)[C@@H](C(=O)N1CCC(CCN2CCCCC2)CC1)N1C(=O)C(N2C(=O)OC[C@@H]2c2ccccc2)C1C=Cc1ccccc1. The van der Waals surface area contributed by atoms with E-state index in [9.17, 15) is 19.5 Å². The van der Waals surface area contributed by atoms with Gasteiger partial charge < -0.3 is 24.5 Å². The summed E-state index contributed by atoms with van der Waals surface area (Å²) in [7, 11) is 0. The first-order valence-electron chi connectivity index (χ1n) is 17.9. The van der Waals surface area contributed by atoms with Gasteiger partial charge in [0.1, 0.15) is 18.7 Å². The minimum absolute atomic E-state index is 0.140. The van der Waals surface area contributed by atoms with Crippen molar-refractivity contribution in [3.05, 3.63) is 77.9 Å². The summed E-state index contributed by atoms with van der Waals surface area (Å²) in [5.74, 6) is -0.00868. The number of β-lactam (4-membered cyclic amide) rings is 1. The van der Waals surface area contributed by atoms with Crippen LogP contribution in [0.2, 0.25) is 0 Å². The summed E-state index contributed by atoms with van der Waals surface area (Å²) in [4.78, 5) is 49.7. The van der Waals surface area contributed by atoms with Crippen LogP contribution in [-0.4, -0.2) is 106 Å². The second-order valence-corrected chi connectivity index (χ2v) is 15.1. The van der Waals surface area contributed by atoms with Crippen molar-refractivity contribution in [2.75, 3.05) is 39.3 Å². The number of hydrogen-bond donors (Lipinski definition) is 1. The van der Waals surface area contributed by atoms with Crippen LogP contribution in [0.4, 0.5) is 4.79 Å². The van der Waals surface area contributed by atoms with Crippen LogP contribution < -0.4 is 0 Å². The van der Waals surface area contributed by atoms with Crippen molar-refractivity contribution in [1.82, 2.24) is 19.6 Å². The molecule has 4 fully saturated rings. The fourth-order valence-corrected chi connectivity index (χ4v) is 7.82. The van der Waals surface area contributed by atoms with Gasteiger partial charge in [0.2, 0.25) is 11.8 Å². The Morgan fingerprint density at radius 1 is 0.938 bits per heavy atom. The first-order valence-corrected chi connectivity index (χ1v) is 17.9. The number of amides is 3. The molecule has 0 aromatic heterocycles. The normalized spacial score (nSPS) is 25.7. The van der Waals surface area contributed by atoms with E-state index in [1.807, 2.05) is 98.5 Å². The van der Waals surface area contributed by atoms with Gasteiger partial charge in [0, 0.05) is 13.1 Å². The van der Waals surface area contributed by atoms with Gasteiger partial charge in [0.25, 0.3) is 0 Å². The maximum absolute atomic E-state index is 14.5. The standard InChI is InChI=1S/C39H52N4O5/c1-39(2,3)35(44)34(36(45)41-25-20-29(21-26-41)19-24-40-22-11-6-12-23-40)42-31(18-17-28-13-7-4-8-14-28)33(37(42)46)43-32(27-48-38(43)47)30-15-9-5-10-16-30/h4-5,7-10,13-18,29,31-35,44H,6,11-12,19-27H2,1-3H3/t31?,32-,33?,34+,35?/m1/s1. The van der Waals surface area contributed by atoms with E-state index in [-0.39, 0.29) is 18.4 Å². The summed E-state index contributed by atoms with van der Waals surface area (Å²) in [6, 6.07) is 16.3. The molecule has 9 nitrogen and oxygen atoms in total. The van der Waals surface area contributed by atoms with Crippen LogP contribution in [0.5, 0.6) is 0 Å². The smallest absolute Gasteiger partial charge is 0.411 e. The van der Waals surface area contributed by atoms with Gasteiger partial charge in [-0.3, -0.25) is 14.5 Å². The predicted molar refractivity (Wildman–Crippen MR) is 186 cm³/mol. The largest absolute Gasteiger partial charge is 0.447 e. The van der Waals surface area contributed by atoms with Crippen molar-refractivity contribution in [3.8, 4) is 0 Å². The van der Waals surface area contributed by atoms with Gasteiger partial charge in [0.05, 0.1) is 18.2 Å². The number of likely N-dealkylation sites (tertiary alicyclic amines) is 3. The molecular weight excluding hydrogens is 604 g/mol. The number of cyclic esters (lactones) is 1. The molecule has 4 aliphatic heterocycles. The Morgan fingerprint density at radius 3 is 2.23 bits per heavy atom. The number of rotatable bonds is 10. The summed E-state index contributed by atoms with van der Waals surface area (Å²) in [5, 5.41) is 11.8. The number of carbonyl (C=O) groups is 3. The Hall–Kier alpha value is -3.69. The number of piperidine rings is 2. The Labute approximate surface area is 285 Å². The minimum Gasteiger partial charge on any atom is -0.447 e. The third-order valence-corrected chi connectivity index (χ3v) is 10.8. The molecule has 0 bridgehead atoms. The fraction of sp³-hybridized carbons (Fsp3) is 0.564. The highest BCUT2D eigenvalue weighted by Crippen LogP contribution is 2.41. The van der Waals surface area contributed by atoms with E-state index in [0.29, 0.717) is 19.0 Å². The van der Waals surface area contributed by atoms with Crippen molar-refractivity contribution in [2.45, 2.75) is 89.6 Å². The summed E-state index contributed by atoms with van der Waals surface area (Å²) in [6.07, 6.45) is 9.05. The van der Waals surface area contributed by atoms with Gasteiger partial charge in [-0.25, -0.2) is 4.79 Å². The topological polar surface area (TPSA) is 93.6 Å². The zero-order valence-corrected chi connectivity index (χ0v) is 28.7. The molecule has 48 heavy (non-hydrogen) atoms. The first kappa shape index (κ1) is 34.2. The molecule has 4 saturated heterocycles. The third-order valence-electron chi connectivity index (χ3n) is 10.8. The molecule has 2 aromatic carbocycles. The van der Waals surface area contributed by atoms with E-state index in [0.717, 1.165) is 36.9 Å². The van der Waals surface area contributed by atoms with Crippen LogP contribution in [0.1, 0.15) is 76.5 Å². The van der Waals surface area contributed by atoms with Gasteiger partial charge in [0.15, 0.2) is 0 Å². The highest BCUT2D eigenvalue weighted by Gasteiger charge is 2.60. The Morgan fingerprint density at radius 2 is 1.58 bits per heavy atom. The summed E-state index contributed by atoms with van der Waals surface area (Å²) >= 11 is 0. The minimum atomic E-state index is -1.12. The highest BCUT2D eigenvalue weighted by atomic mass is 16.6. The summed E-state index contributed by atoms with van der Waals surface area (Å²) < 4.78 is 5.52. The van der Waals surface area contributed by atoms with Gasteiger partial charge in [-0.15, -0.1) is 0 Å². The van der Waals surface area contributed by atoms with Gasteiger partial charge >= 0.3 is 6.09 Å². The lowest BCUT2D eigenvalue weighted by Crippen LogP contribution is -2.76. The molecule has 3 amide bonds. The van der Waals surface area contributed by atoms with E-state index >= 15 is 0 Å². The molecule has 258 valence electrons. The van der Waals surface area contributed by atoms with Crippen molar-refractivity contribution >= 4 is 24.0 Å². The predicted octanol–water partition coefficient (Wildman–Crippen LogP) is 5.36. The highest BCUT2D eigenvalue weighted by molar-refractivity contribution is 5.98. The number of aliphatic hydroxyl groups is 1. The Bertz CT molecular complexity index is 1430. The van der Waals surface area contributed by atoms with Crippen LogP contribution in [0.15, 0.2) is 66.7 Å². The van der Waals surface area contributed by atoms with E-state index < -0.39 is 41.8 Å². The molecule has 0 aliphatic carbocycles. The number of hydrogen-bond acceptors (Lipinski definition) is 6. The van der Waals surface area contributed by atoms with Crippen LogP contribution in [0.25, 0.3) is 6.08 Å². The molecule has 9 heteroatoms. The van der Waals surface area contributed by atoms with Crippen LogP contribution in [0, 0.1) is 11.3 Å². The molecule has 0 radical (unpaired) electrons. The zero-order valence-electron chi connectivity index (χ0n) is 28.7. The van der Waals surface area contributed by atoms with E-state index in [1.54, 1.807) is 4.90 Å². The lowest BCUT2D eigenvalue weighted by Gasteiger charge is -2.55. The molecule has 4 heterocycles. The first-order chi connectivity index (χ1) is 23.1. The van der Waals surface area contributed by atoms with Crippen LogP contribution in [-0.2, 0) is 14.3 Å². The molecule has 3 unspecified atom stereocenters. The Kier molecular flexibility index (Phi) is 10.6. The zero-order chi connectivity index (χ0) is 33.8. The van der Waals surface area contributed by atoms with Crippen molar-refractivity contribution in [2.24, 2.45) is 11.3 Å². The number of ether oxygens (including phenoxy) is 1. The molecular formula is C39H52N4O5. The van der Waals surface area contributed by atoms with Gasteiger partial charge in [-0.05, 0) is 74.2 Å². The molecule has 0 saturated carbocycles. The lowest BCUT2D eigenvalue weighted by molar-refractivity contribution is -0.175. The number of aliphatic hydroxyl groups excluding tert-OH is 1. The van der Waals surface area contributed by atoms with Gasteiger partial charge in [-0.1, -0.05) is 100 Å². The van der Waals surface area contributed by atoms with E-state index in [2.05, 4.69) is 4.90 Å². The molecule has 5 atom stereocenters. The Balaban J connectivity index is 1.25. The summed E-state index contributed by atoms with van der Waals surface area (Å²) in [6.45, 7) is 10.5. The van der Waals surface area contributed by atoms with E-state index in [1.165, 1.54) is 37.3 Å². The molecule has 1 N–H and O–H groups in total. The number of nitrogens with zero attached hydrogens (tertiary/aromatic N) is 4. The average molecular weight is 657 g/mol. The second kappa shape index (κ2) is 14.8. The maximum Gasteiger partial charge on any atom is 0.411 e. The molecule has 4 aliphatic rings. The second-order valence-electron chi connectivity index (χ2n) is 15.1. The van der Waals surface area contributed by atoms with E-state index in [4.69, 9.17) is 4.74 Å².